The molecule has 88 valence electrons. The second-order valence-corrected chi connectivity index (χ2v) is 6.82. The summed E-state index contributed by atoms with van der Waals surface area (Å²) >= 11 is 8.21. The molecule has 0 unspecified atom stereocenters. The van der Waals surface area contributed by atoms with Crippen molar-refractivity contribution in [3.05, 3.63) is 48.8 Å². The molecule has 2 aromatic heterocycles. The predicted molar refractivity (Wildman–Crippen MR) is 76.7 cm³/mol. The van der Waals surface area contributed by atoms with E-state index in [1.54, 1.807) is 6.20 Å². The molecule has 5 heteroatoms. The van der Waals surface area contributed by atoms with E-state index in [-0.39, 0.29) is 5.78 Å². The lowest BCUT2D eigenvalue weighted by molar-refractivity contribution is 0.0995. The minimum absolute atomic E-state index is 0.100. The van der Waals surface area contributed by atoms with Crippen LogP contribution in [0.5, 0.6) is 0 Å². The van der Waals surface area contributed by atoms with E-state index in [0.717, 1.165) is 24.4 Å². The fourth-order valence-corrected chi connectivity index (χ4v) is 3.40. The molecule has 17 heavy (non-hydrogen) atoms. The number of Topliss-reactive ketones (excluding diaryl/α,β-unsaturated/α-hetero) is 1. The van der Waals surface area contributed by atoms with E-state index in [0.29, 0.717) is 6.42 Å². The van der Waals surface area contributed by atoms with Crippen molar-refractivity contribution in [2.45, 2.75) is 13.3 Å². The summed E-state index contributed by atoms with van der Waals surface area (Å²) in [5.41, 5.74) is 1.90. The van der Waals surface area contributed by atoms with Crippen LogP contribution in [0.15, 0.2) is 32.7 Å². The molecule has 0 bridgehead atoms. The molecule has 2 aromatic rings. The Morgan fingerprint density at radius 1 is 1.47 bits per heavy atom. The van der Waals surface area contributed by atoms with Gasteiger partial charge in [0.2, 0.25) is 0 Å². The third-order valence-electron chi connectivity index (χ3n) is 2.37. The molecule has 0 N–H and O–H groups in total. The van der Waals surface area contributed by atoms with Gasteiger partial charge in [0.1, 0.15) is 0 Å². The molecular weight excluding hydrogens is 366 g/mol. The van der Waals surface area contributed by atoms with Gasteiger partial charge in [0, 0.05) is 10.7 Å². The highest BCUT2D eigenvalue weighted by Crippen LogP contribution is 2.32. The Labute approximate surface area is 120 Å². The number of thiophene rings is 1. The highest BCUT2D eigenvalue weighted by Gasteiger charge is 2.14. The number of aromatic nitrogens is 1. The highest BCUT2D eigenvalue weighted by molar-refractivity contribution is 9.13. The smallest absolute Gasteiger partial charge is 0.178 e. The van der Waals surface area contributed by atoms with Gasteiger partial charge < -0.3 is 0 Å². The fraction of sp³-hybridized carbons (Fsp3) is 0.167. The van der Waals surface area contributed by atoms with Crippen molar-refractivity contribution in [2.24, 2.45) is 0 Å². The zero-order valence-electron chi connectivity index (χ0n) is 9.04. The van der Waals surface area contributed by atoms with Crippen LogP contribution in [0.3, 0.4) is 0 Å². The van der Waals surface area contributed by atoms with Gasteiger partial charge in [-0.15, -0.1) is 11.3 Å². The molecule has 0 spiro atoms. The molecule has 0 radical (unpaired) electrons. The number of hydrogen-bond acceptors (Lipinski definition) is 3. The minimum Gasteiger partial charge on any atom is -0.293 e. The van der Waals surface area contributed by atoms with Gasteiger partial charge in [-0.3, -0.25) is 9.78 Å². The van der Waals surface area contributed by atoms with Gasteiger partial charge in [-0.25, -0.2) is 0 Å². The zero-order valence-corrected chi connectivity index (χ0v) is 13.0. The first-order valence-corrected chi connectivity index (χ1v) is 7.36. The molecule has 0 aliphatic rings. The van der Waals surface area contributed by atoms with Crippen LogP contribution < -0.4 is 0 Å². The van der Waals surface area contributed by atoms with E-state index in [1.165, 1.54) is 11.3 Å². The average molecular weight is 375 g/mol. The van der Waals surface area contributed by atoms with E-state index >= 15 is 0 Å². The second-order valence-electron chi connectivity index (χ2n) is 3.60. The first kappa shape index (κ1) is 12.9. The number of rotatable bonds is 3. The largest absolute Gasteiger partial charge is 0.293 e. The number of nitrogens with zero attached hydrogens (tertiary/aromatic N) is 1. The summed E-state index contributed by atoms with van der Waals surface area (Å²) in [5.74, 6) is 0.100. The number of aryl methyl sites for hydroxylation is 1. The summed E-state index contributed by atoms with van der Waals surface area (Å²) in [4.78, 5) is 17.0. The topological polar surface area (TPSA) is 30.0 Å². The van der Waals surface area contributed by atoms with Gasteiger partial charge in [0.05, 0.1) is 20.8 Å². The van der Waals surface area contributed by atoms with Crippen LogP contribution >= 0.6 is 43.2 Å². The SMILES string of the molecule is Cc1cccnc1CC(=O)c1cc(Br)c(Br)s1. The van der Waals surface area contributed by atoms with Crippen LogP contribution in [-0.2, 0) is 6.42 Å². The van der Waals surface area contributed by atoms with Gasteiger partial charge in [-0.05, 0) is 56.5 Å². The van der Waals surface area contributed by atoms with E-state index in [1.807, 2.05) is 25.1 Å². The van der Waals surface area contributed by atoms with Crippen LogP contribution in [0, 0.1) is 6.92 Å². The molecule has 0 aliphatic heterocycles. The molecule has 0 fully saturated rings. The lowest BCUT2D eigenvalue weighted by Crippen LogP contribution is -2.04. The van der Waals surface area contributed by atoms with Gasteiger partial charge in [0.15, 0.2) is 5.78 Å². The third-order valence-corrected chi connectivity index (χ3v) is 5.66. The first-order chi connectivity index (χ1) is 8.08. The van der Waals surface area contributed by atoms with Crippen molar-refractivity contribution >= 4 is 49.0 Å². The standard InChI is InChI=1S/C12H9Br2NOS/c1-7-3-2-4-15-9(7)6-10(16)11-5-8(13)12(14)17-11/h2-5H,6H2,1H3. The molecule has 0 amide bonds. The summed E-state index contributed by atoms with van der Waals surface area (Å²) in [6, 6.07) is 5.69. The molecule has 2 rings (SSSR count). The molecule has 2 nitrogen and oxygen atoms in total. The second kappa shape index (κ2) is 5.42. The van der Waals surface area contributed by atoms with Crippen LogP contribution in [0.25, 0.3) is 0 Å². The van der Waals surface area contributed by atoms with Gasteiger partial charge in [0.25, 0.3) is 0 Å². The Morgan fingerprint density at radius 2 is 2.24 bits per heavy atom. The van der Waals surface area contributed by atoms with Crippen LogP contribution in [0.2, 0.25) is 0 Å². The summed E-state index contributed by atoms with van der Waals surface area (Å²) in [6.07, 6.45) is 2.07. The monoisotopic (exact) mass is 373 g/mol. The van der Waals surface area contributed by atoms with Gasteiger partial charge in [-0.1, -0.05) is 6.07 Å². The summed E-state index contributed by atoms with van der Waals surface area (Å²) in [6.45, 7) is 1.97. The zero-order chi connectivity index (χ0) is 12.4. The number of ketones is 1. The van der Waals surface area contributed by atoms with E-state index < -0.39 is 0 Å². The van der Waals surface area contributed by atoms with Crippen LogP contribution in [0.1, 0.15) is 20.9 Å². The maximum atomic E-state index is 12.1. The number of carbonyl (C=O) groups is 1. The highest BCUT2D eigenvalue weighted by atomic mass is 79.9. The third kappa shape index (κ3) is 3.03. The first-order valence-electron chi connectivity index (χ1n) is 4.96. The summed E-state index contributed by atoms with van der Waals surface area (Å²) in [5, 5.41) is 0. The lowest BCUT2D eigenvalue weighted by Gasteiger charge is -2.01. The Bertz CT molecular complexity index is 546. The van der Waals surface area contributed by atoms with Crippen molar-refractivity contribution < 1.29 is 4.79 Å². The fourth-order valence-electron chi connectivity index (χ4n) is 1.43. The van der Waals surface area contributed by atoms with Crippen molar-refractivity contribution in [3.8, 4) is 0 Å². The number of carbonyl (C=O) groups excluding carboxylic acids is 1. The normalized spacial score (nSPS) is 10.5. The Balaban J connectivity index is 2.20. The predicted octanol–water partition coefficient (Wildman–Crippen LogP) is 4.40. The molecule has 0 aliphatic carbocycles. The van der Waals surface area contributed by atoms with Crippen molar-refractivity contribution in [2.75, 3.05) is 0 Å². The number of hydrogen-bond donors (Lipinski definition) is 0. The molecule has 0 atom stereocenters. The van der Waals surface area contributed by atoms with Crippen molar-refractivity contribution in [3.63, 3.8) is 0 Å². The number of halogens is 2. The van der Waals surface area contributed by atoms with Crippen LogP contribution in [-0.4, -0.2) is 10.8 Å². The minimum atomic E-state index is 0.100. The molecular formula is C12H9Br2NOS. The molecule has 0 saturated heterocycles. The molecule has 0 saturated carbocycles. The van der Waals surface area contributed by atoms with E-state index in [4.69, 9.17) is 0 Å². The summed E-state index contributed by atoms with van der Waals surface area (Å²) < 4.78 is 1.86. The van der Waals surface area contributed by atoms with Crippen LogP contribution in [0.4, 0.5) is 0 Å². The van der Waals surface area contributed by atoms with Gasteiger partial charge >= 0.3 is 0 Å². The average Bonchev–Trinajstić information content (AvgIpc) is 2.63. The maximum absolute atomic E-state index is 12.1. The summed E-state index contributed by atoms with van der Waals surface area (Å²) in [7, 11) is 0. The quantitative estimate of drug-likeness (QED) is 0.745. The van der Waals surface area contributed by atoms with Crippen molar-refractivity contribution in [1.82, 2.24) is 4.98 Å². The van der Waals surface area contributed by atoms with Crippen molar-refractivity contribution in [1.29, 1.82) is 0 Å². The Kier molecular flexibility index (Phi) is 4.12. The molecule has 2 heterocycles. The lowest BCUT2D eigenvalue weighted by atomic mass is 10.1. The Morgan fingerprint density at radius 3 is 2.82 bits per heavy atom. The number of pyridine rings is 1. The maximum Gasteiger partial charge on any atom is 0.178 e. The van der Waals surface area contributed by atoms with E-state index in [2.05, 4.69) is 36.8 Å². The van der Waals surface area contributed by atoms with E-state index in [9.17, 15) is 4.79 Å². The Hall–Kier alpha value is -0.520. The molecule has 0 aromatic carbocycles. The van der Waals surface area contributed by atoms with Gasteiger partial charge in [-0.2, -0.15) is 0 Å².